The Morgan fingerprint density at radius 1 is 0.913 bits per heavy atom. The highest BCUT2D eigenvalue weighted by Crippen LogP contribution is 2.32. The molecule has 23 heavy (non-hydrogen) atoms. The number of aryl methyl sites for hydroxylation is 2. The first-order valence-corrected chi connectivity index (χ1v) is 8.78. The van der Waals surface area contributed by atoms with Crippen molar-refractivity contribution >= 4 is 26.5 Å². The zero-order chi connectivity index (χ0) is 16.6. The average molecular weight is 326 g/mol. The first kappa shape index (κ1) is 15.5. The van der Waals surface area contributed by atoms with Crippen molar-refractivity contribution in [3.63, 3.8) is 0 Å². The van der Waals surface area contributed by atoms with Gasteiger partial charge in [-0.3, -0.25) is 0 Å². The van der Waals surface area contributed by atoms with Gasteiger partial charge in [-0.05, 0) is 49.6 Å². The van der Waals surface area contributed by atoms with Gasteiger partial charge in [0.1, 0.15) is 10.7 Å². The van der Waals surface area contributed by atoms with Gasteiger partial charge in [0.25, 0.3) is 10.0 Å². The van der Waals surface area contributed by atoms with E-state index in [1.807, 2.05) is 50.2 Å². The largest absolute Gasteiger partial charge is 0.339 e. The molecule has 0 saturated carbocycles. The Hall–Kier alpha value is -2.40. The molecule has 1 aliphatic heterocycles. The van der Waals surface area contributed by atoms with Crippen LogP contribution in [0.3, 0.4) is 0 Å². The minimum Gasteiger partial charge on any atom is -0.339 e. The van der Waals surface area contributed by atoms with Gasteiger partial charge in [-0.1, -0.05) is 36.4 Å². The predicted molar refractivity (Wildman–Crippen MR) is 94.9 cm³/mol. The van der Waals surface area contributed by atoms with Crippen LogP contribution in [0.5, 0.6) is 0 Å². The zero-order valence-electron chi connectivity index (χ0n) is 13.3. The second-order valence-electron chi connectivity index (χ2n) is 5.66. The Morgan fingerprint density at radius 3 is 2.26 bits per heavy atom. The maximum absolute atomic E-state index is 12.4. The molecule has 0 saturated heterocycles. The van der Waals surface area contributed by atoms with E-state index in [1.165, 1.54) is 5.56 Å². The number of amidine groups is 1. The molecular formula is C18H18N2O2S. The van der Waals surface area contributed by atoms with Gasteiger partial charge in [-0.25, -0.2) is 0 Å². The molecule has 0 aromatic heterocycles. The summed E-state index contributed by atoms with van der Waals surface area (Å²) in [6.07, 6.45) is 0. The third kappa shape index (κ3) is 2.92. The predicted octanol–water partition coefficient (Wildman–Crippen LogP) is 3.89. The van der Waals surface area contributed by atoms with Crippen LogP contribution in [0.25, 0.3) is 4.91 Å². The van der Waals surface area contributed by atoms with Crippen LogP contribution >= 0.6 is 0 Å². The fourth-order valence-corrected chi connectivity index (χ4v) is 3.99. The Kier molecular flexibility index (Phi) is 3.82. The molecule has 0 bridgehead atoms. The topological polar surface area (TPSA) is 58.5 Å². The molecule has 0 fully saturated rings. The third-order valence-electron chi connectivity index (χ3n) is 3.97. The fourth-order valence-electron chi connectivity index (χ4n) is 2.56. The van der Waals surface area contributed by atoms with Crippen LogP contribution < -0.4 is 5.32 Å². The molecule has 118 valence electrons. The number of nitrogens with zero attached hydrogens (tertiary/aromatic N) is 1. The Morgan fingerprint density at radius 2 is 1.61 bits per heavy atom. The number of hydrogen-bond acceptors (Lipinski definition) is 3. The number of sulfonamides is 1. The Labute approximate surface area is 136 Å². The van der Waals surface area contributed by atoms with E-state index in [0.717, 1.165) is 11.3 Å². The van der Waals surface area contributed by atoms with Gasteiger partial charge >= 0.3 is 0 Å². The molecule has 1 aliphatic rings. The van der Waals surface area contributed by atoms with Gasteiger partial charge in [0.05, 0.1) is 0 Å². The van der Waals surface area contributed by atoms with Crippen molar-refractivity contribution in [2.75, 3.05) is 5.32 Å². The van der Waals surface area contributed by atoms with Gasteiger partial charge in [0.2, 0.25) is 0 Å². The third-order valence-corrected chi connectivity index (χ3v) is 5.45. The summed E-state index contributed by atoms with van der Waals surface area (Å²) in [6, 6.07) is 15.0. The van der Waals surface area contributed by atoms with E-state index in [4.69, 9.17) is 0 Å². The molecule has 0 spiro atoms. The molecule has 1 N–H and O–H groups in total. The van der Waals surface area contributed by atoms with Crippen LogP contribution in [0.2, 0.25) is 0 Å². The second-order valence-corrected chi connectivity index (χ2v) is 7.20. The van der Waals surface area contributed by atoms with E-state index in [9.17, 15) is 8.42 Å². The minimum atomic E-state index is -3.67. The summed E-state index contributed by atoms with van der Waals surface area (Å²) >= 11 is 0. The highest BCUT2D eigenvalue weighted by atomic mass is 32.2. The summed E-state index contributed by atoms with van der Waals surface area (Å²) in [7, 11) is -3.67. The minimum absolute atomic E-state index is 0.268. The number of nitrogens with one attached hydrogen (secondary N) is 1. The summed E-state index contributed by atoms with van der Waals surface area (Å²) in [5.74, 6) is 0.382. The average Bonchev–Trinajstić information content (AvgIpc) is 2.73. The lowest BCUT2D eigenvalue weighted by molar-refractivity contribution is 0.608. The van der Waals surface area contributed by atoms with Crippen molar-refractivity contribution in [3.05, 3.63) is 70.8 Å². The molecular weight excluding hydrogens is 308 g/mol. The lowest BCUT2D eigenvalue weighted by atomic mass is 10.1. The lowest BCUT2D eigenvalue weighted by Crippen LogP contribution is -2.11. The molecule has 0 radical (unpaired) electrons. The van der Waals surface area contributed by atoms with Crippen LogP contribution in [-0.2, 0) is 10.0 Å². The van der Waals surface area contributed by atoms with Crippen molar-refractivity contribution in [2.24, 2.45) is 4.40 Å². The Balaban J connectivity index is 2.01. The summed E-state index contributed by atoms with van der Waals surface area (Å²) in [6.45, 7) is 5.83. The normalized spacial score (nSPS) is 16.4. The maximum Gasteiger partial charge on any atom is 0.285 e. The first-order chi connectivity index (χ1) is 10.9. The molecule has 0 unspecified atom stereocenters. The van der Waals surface area contributed by atoms with Crippen molar-refractivity contribution in [2.45, 2.75) is 20.8 Å². The van der Waals surface area contributed by atoms with E-state index in [-0.39, 0.29) is 4.91 Å². The number of rotatable bonds is 2. The van der Waals surface area contributed by atoms with Crippen molar-refractivity contribution in [1.82, 2.24) is 0 Å². The van der Waals surface area contributed by atoms with Crippen molar-refractivity contribution in [1.29, 1.82) is 0 Å². The number of benzene rings is 2. The maximum atomic E-state index is 12.4. The molecule has 0 amide bonds. The summed E-state index contributed by atoms with van der Waals surface area (Å²) < 4.78 is 28.7. The first-order valence-electron chi connectivity index (χ1n) is 7.34. The second kappa shape index (κ2) is 5.66. The molecule has 5 heteroatoms. The van der Waals surface area contributed by atoms with Gasteiger partial charge < -0.3 is 5.32 Å². The lowest BCUT2D eigenvalue weighted by Gasteiger charge is -2.09. The van der Waals surface area contributed by atoms with E-state index in [2.05, 4.69) is 9.71 Å². The zero-order valence-corrected chi connectivity index (χ0v) is 14.1. The van der Waals surface area contributed by atoms with E-state index in [1.54, 1.807) is 19.1 Å². The molecule has 1 heterocycles. The summed E-state index contributed by atoms with van der Waals surface area (Å²) in [4.78, 5) is 0.268. The standard InChI is InChI=1S/C18H18N2O2S/c1-12-9-10-16(11-13(12)2)19-18-14(3)17(23(21,22)20-18)15-7-5-4-6-8-15/h4-11H,1-3H3,(H,19,20). The van der Waals surface area contributed by atoms with Gasteiger partial charge in [0.15, 0.2) is 0 Å². The van der Waals surface area contributed by atoms with E-state index in [0.29, 0.717) is 17.0 Å². The Bertz CT molecular complexity index is 927. The van der Waals surface area contributed by atoms with E-state index < -0.39 is 10.0 Å². The SMILES string of the molecule is CC1=C(c2ccccc2)S(=O)(=O)N=C1Nc1ccc(C)c(C)c1. The molecule has 4 nitrogen and oxygen atoms in total. The van der Waals surface area contributed by atoms with Gasteiger partial charge in [0, 0.05) is 11.3 Å². The highest BCUT2D eigenvalue weighted by molar-refractivity contribution is 8.00. The fraction of sp³-hybridized carbons (Fsp3) is 0.167. The summed E-state index contributed by atoms with van der Waals surface area (Å²) in [5.41, 5.74) is 4.45. The van der Waals surface area contributed by atoms with Gasteiger partial charge in [-0.15, -0.1) is 4.40 Å². The summed E-state index contributed by atoms with van der Waals surface area (Å²) in [5, 5.41) is 3.13. The monoisotopic (exact) mass is 326 g/mol. The van der Waals surface area contributed by atoms with Gasteiger partial charge in [-0.2, -0.15) is 8.42 Å². The van der Waals surface area contributed by atoms with Crippen LogP contribution in [-0.4, -0.2) is 14.3 Å². The van der Waals surface area contributed by atoms with Crippen LogP contribution in [0, 0.1) is 13.8 Å². The van der Waals surface area contributed by atoms with Crippen molar-refractivity contribution in [3.8, 4) is 0 Å². The molecule has 0 atom stereocenters. The van der Waals surface area contributed by atoms with Crippen LogP contribution in [0.4, 0.5) is 5.69 Å². The molecule has 2 aromatic carbocycles. The van der Waals surface area contributed by atoms with E-state index >= 15 is 0 Å². The smallest absolute Gasteiger partial charge is 0.285 e. The molecule has 3 rings (SSSR count). The number of hydrogen-bond donors (Lipinski definition) is 1. The van der Waals surface area contributed by atoms with Crippen LogP contribution in [0.15, 0.2) is 58.5 Å². The quantitative estimate of drug-likeness (QED) is 0.911. The number of anilines is 1. The van der Waals surface area contributed by atoms with Crippen molar-refractivity contribution < 1.29 is 8.42 Å². The van der Waals surface area contributed by atoms with Crippen LogP contribution in [0.1, 0.15) is 23.6 Å². The molecule has 0 aliphatic carbocycles. The molecule has 2 aromatic rings. The highest BCUT2D eigenvalue weighted by Gasteiger charge is 2.30.